The minimum absolute atomic E-state index is 0.0862. The summed E-state index contributed by atoms with van der Waals surface area (Å²) in [6, 6.07) is 0. The number of ether oxygens (including phenoxy) is 4. The highest BCUT2D eigenvalue weighted by Crippen LogP contribution is 2.45. The Labute approximate surface area is 663 Å². The number of unbranched alkanes of at least 4 members (excludes halogenated alkanes) is 59. The molecule has 0 radical (unpaired) electrons. The fraction of sp³-hybridized carbons (Fsp3) is 0.910. The van der Waals surface area contributed by atoms with Crippen LogP contribution in [0.15, 0.2) is 24.3 Å². The van der Waals surface area contributed by atoms with E-state index in [9.17, 15) is 43.2 Å². The molecule has 0 heterocycles. The highest BCUT2D eigenvalue weighted by Gasteiger charge is 2.30. The summed E-state index contributed by atoms with van der Waals surface area (Å²) in [4.78, 5) is 73.3. The van der Waals surface area contributed by atoms with Crippen LogP contribution in [0.2, 0.25) is 0 Å². The van der Waals surface area contributed by atoms with Crippen LogP contribution in [-0.2, 0) is 65.4 Å². The topological polar surface area (TPSA) is 237 Å². The molecule has 0 aromatic carbocycles. The molecule has 0 rings (SSSR count). The number of aliphatic hydroxyl groups is 1. The van der Waals surface area contributed by atoms with Gasteiger partial charge in [-0.1, -0.05) is 412 Å². The van der Waals surface area contributed by atoms with Gasteiger partial charge in [-0.25, -0.2) is 9.13 Å². The molecule has 638 valence electrons. The molecule has 0 fully saturated rings. The van der Waals surface area contributed by atoms with E-state index in [1.165, 1.54) is 283 Å². The maximum Gasteiger partial charge on any atom is 0.472 e. The average molecular weight is 1570 g/mol. The van der Waals surface area contributed by atoms with Crippen LogP contribution >= 0.6 is 15.6 Å². The number of hydrogen-bond acceptors (Lipinski definition) is 15. The maximum absolute atomic E-state index is 13.2. The van der Waals surface area contributed by atoms with Crippen molar-refractivity contribution in [3.8, 4) is 0 Å². The molecular weight excluding hydrogens is 1400 g/mol. The zero-order chi connectivity index (χ0) is 78.9. The molecule has 0 amide bonds. The smallest absolute Gasteiger partial charge is 0.462 e. The van der Waals surface area contributed by atoms with Crippen LogP contribution in [0.3, 0.4) is 0 Å². The number of esters is 4. The lowest BCUT2D eigenvalue weighted by Gasteiger charge is -2.21. The minimum atomic E-state index is -4.97. The van der Waals surface area contributed by atoms with E-state index in [2.05, 4.69) is 52.0 Å². The highest BCUT2D eigenvalue weighted by atomic mass is 31.2. The monoisotopic (exact) mass is 1570 g/mol. The SMILES string of the molecule is CCCCCC/C=C\C=C/CCCCCCCC(=O)O[C@H](COC(=O)CCCCCCCCCCCCCCC)COP(=O)(O)OC[C@H](O)COP(=O)(O)OC[C@@H](COC(=O)CCCCCCCCCCCCCCCCCCCCC)OC(=O)CCCCCCCCCCCCCCCCCCCCCCC. The predicted molar refractivity (Wildman–Crippen MR) is 446 cm³/mol. The third-order valence-electron chi connectivity index (χ3n) is 20.5. The van der Waals surface area contributed by atoms with Crippen LogP contribution in [-0.4, -0.2) is 96.7 Å². The summed E-state index contributed by atoms with van der Waals surface area (Å²) in [5.41, 5.74) is 0. The van der Waals surface area contributed by atoms with Crippen molar-refractivity contribution in [2.24, 2.45) is 0 Å². The van der Waals surface area contributed by atoms with Gasteiger partial charge in [0.05, 0.1) is 26.4 Å². The number of hydrogen-bond donors (Lipinski definition) is 3. The molecule has 0 saturated carbocycles. The number of carbonyl (C=O) groups is 4. The van der Waals surface area contributed by atoms with Crippen LogP contribution in [0.5, 0.6) is 0 Å². The number of aliphatic hydroxyl groups excluding tert-OH is 1. The van der Waals surface area contributed by atoms with Crippen molar-refractivity contribution < 1.29 is 80.2 Å². The Bertz CT molecular complexity index is 2130. The van der Waals surface area contributed by atoms with Gasteiger partial charge in [0.1, 0.15) is 19.3 Å². The first-order valence-electron chi connectivity index (χ1n) is 45.6. The third-order valence-corrected chi connectivity index (χ3v) is 22.4. The van der Waals surface area contributed by atoms with Gasteiger partial charge in [0, 0.05) is 25.7 Å². The lowest BCUT2D eigenvalue weighted by atomic mass is 10.0. The van der Waals surface area contributed by atoms with Gasteiger partial charge in [0.15, 0.2) is 12.2 Å². The number of carbonyl (C=O) groups excluding carboxylic acids is 4. The van der Waals surface area contributed by atoms with Gasteiger partial charge in [0.2, 0.25) is 0 Å². The van der Waals surface area contributed by atoms with E-state index >= 15 is 0 Å². The Morgan fingerprint density at radius 2 is 0.444 bits per heavy atom. The zero-order valence-electron chi connectivity index (χ0n) is 70.3. The quantitative estimate of drug-likeness (QED) is 0.0169. The fourth-order valence-corrected chi connectivity index (χ4v) is 15.1. The number of rotatable bonds is 88. The highest BCUT2D eigenvalue weighted by molar-refractivity contribution is 7.47. The molecule has 0 aliphatic heterocycles. The second-order valence-electron chi connectivity index (χ2n) is 31.3. The number of phosphoric ester groups is 2. The van der Waals surface area contributed by atoms with E-state index in [-0.39, 0.29) is 25.7 Å². The van der Waals surface area contributed by atoms with Gasteiger partial charge >= 0.3 is 39.5 Å². The first-order chi connectivity index (χ1) is 52.7. The molecule has 2 unspecified atom stereocenters. The molecule has 0 bridgehead atoms. The molecule has 0 spiro atoms. The summed E-state index contributed by atoms with van der Waals surface area (Å²) in [7, 11) is -9.94. The van der Waals surface area contributed by atoms with Crippen molar-refractivity contribution in [2.45, 2.75) is 483 Å². The lowest BCUT2D eigenvalue weighted by molar-refractivity contribution is -0.161. The Kier molecular flexibility index (Phi) is 80.6. The van der Waals surface area contributed by atoms with E-state index in [4.69, 9.17) is 37.0 Å². The van der Waals surface area contributed by atoms with Crippen molar-refractivity contribution in [3.05, 3.63) is 24.3 Å². The van der Waals surface area contributed by atoms with Crippen molar-refractivity contribution >= 4 is 39.5 Å². The zero-order valence-corrected chi connectivity index (χ0v) is 72.1. The minimum Gasteiger partial charge on any atom is -0.462 e. The number of phosphoric acid groups is 2. The van der Waals surface area contributed by atoms with E-state index in [1.807, 2.05) is 0 Å². The molecule has 0 aromatic rings. The molecule has 5 atom stereocenters. The molecule has 17 nitrogen and oxygen atoms in total. The summed E-state index contributed by atoms with van der Waals surface area (Å²) in [6.45, 7) is 5.01. The van der Waals surface area contributed by atoms with E-state index < -0.39 is 97.5 Å². The van der Waals surface area contributed by atoms with Crippen LogP contribution in [0.25, 0.3) is 0 Å². The Balaban J connectivity index is 5.27. The second kappa shape index (κ2) is 82.5. The summed E-state index contributed by atoms with van der Waals surface area (Å²) < 4.78 is 69.0. The largest absolute Gasteiger partial charge is 0.472 e. The fourth-order valence-electron chi connectivity index (χ4n) is 13.5. The molecule has 0 aromatic heterocycles. The van der Waals surface area contributed by atoms with E-state index in [0.717, 1.165) is 103 Å². The van der Waals surface area contributed by atoms with Gasteiger partial charge in [0.25, 0.3) is 0 Å². The summed E-state index contributed by atoms with van der Waals surface area (Å²) in [5.74, 6) is -2.12. The van der Waals surface area contributed by atoms with Crippen molar-refractivity contribution in [1.29, 1.82) is 0 Å². The van der Waals surface area contributed by atoms with Crippen molar-refractivity contribution in [1.82, 2.24) is 0 Å². The molecule has 108 heavy (non-hydrogen) atoms. The van der Waals surface area contributed by atoms with Gasteiger partial charge in [-0.2, -0.15) is 0 Å². The maximum atomic E-state index is 13.2. The van der Waals surface area contributed by atoms with E-state index in [1.54, 1.807) is 0 Å². The molecule has 19 heteroatoms. The third kappa shape index (κ3) is 81.6. The van der Waals surface area contributed by atoms with Crippen LogP contribution < -0.4 is 0 Å². The Morgan fingerprint density at radius 1 is 0.259 bits per heavy atom. The average Bonchev–Trinajstić information content (AvgIpc) is 0.899. The lowest BCUT2D eigenvalue weighted by Crippen LogP contribution is -2.30. The van der Waals surface area contributed by atoms with Crippen LogP contribution in [0.1, 0.15) is 464 Å². The first-order valence-corrected chi connectivity index (χ1v) is 48.6. The molecule has 3 N–H and O–H groups in total. The van der Waals surface area contributed by atoms with Gasteiger partial charge in [-0.15, -0.1) is 0 Å². The van der Waals surface area contributed by atoms with Crippen molar-refractivity contribution in [3.63, 3.8) is 0 Å². The van der Waals surface area contributed by atoms with Crippen LogP contribution in [0.4, 0.5) is 0 Å². The van der Waals surface area contributed by atoms with E-state index in [0.29, 0.717) is 25.7 Å². The van der Waals surface area contributed by atoms with Gasteiger partial charge < -0.3 is 33.8 Å². The summed E-state index contributed by atoms with van der Waals surface area (Å²) >= 11 is 0. The molecule has 0 aliphatic rings. The Morgan fingerprint density at radius 3 is 0.676 bits per heavy atom. The summed E-state index contributed by atoms with van der Waals surface area (Å²) in [5, 5.41) is 10.7. The Hall–Kier alpha value is -2.46. The van der Waals surface area contributed by atoms with Crippen LogP contribution in [0, 0.1) is 0 Å². The summed E-state index contributed by atoms with van der Waals surface area (Å²) in [6.07, 6.45) is 81.4. The van der Waals surface area contributed by atoms with Gasteiger partial charge in [-0.3, -0.25) is 37.3 Å². The molecule has 0 saturated heterocycles. The second-order valence-corrected chi connectivity index (χ2v) is 34.2. The normalized spacial score (nSPS) is 13.8. The first kappa shape index (κ1) is 106. The molecule has 0 aliphatic carbocycles. The number of allylic oxidation sites excluding steroid dienone is 4. The standard InChI is InChI=1S/C89H170O17P2/c1-5-9-13-17-21-25-29-33-36-38-40-41-43-45-48-52-56-60-64-68-72-76-89(94)106-85(80-100-87(92)74-70-66-62-58-54-50-47-44-42-39-37-34-30-26-22-18-14-10-6-2)82-104-108(97,98)102-78-83(90)77-101-107(95,96)103-81-84(79-99-86(91)73-69-65-61-57-53-49-32-28-24-20-16-12-8-4)105-88(93)75-71-67-63-59-55-51-46-35-31-27-23-19-15-11-7-3/h27,31,35,46,83-85,90H,5-26,28-30,32-34,36-45,47-82H2,1-4H3,(H,95,96)(H,97,98)/b31-27-,46-35-/t83-,84+,85+/m0/s1. The van der Waals surface area contributed by atoms with Crippen molar-refractivity contribution in [2.75, 3.05) is 39.6 Å². The predicted octanol–water partition coefficient (Wildman–Crippen LogP) is 27.2. The molecular formula is C89H170O17P2. The van der Waals surface area contributed by atoms with Gasteiger partial charge in [-0.05, 0) is 51.4 Å².